The molecule has 0 aliphatic carbocycles. The SMILES string of the molecule is CCCC(C)NC1CCCN(CCOC)C1. The lowest BCUT2D eigenvalue weighted by molar-refractivity contribution is 0.120. The van der Waals surface area contributed by atoms with Crippen molar-refractivity contribution in [2.45, 2.75) is 51.6 Å². The number of piperidine rings is 1. The molecule has 1 aliphatic heterocycles. The molecule has 0 spiro atoms. The molecular formula is C13H28N2O. The van der Waals surface area contributed by atoms with Crippen LogP contribution in [-0.4, -0.2) is 50.3 Å². The van der Waals surface area contributed by atoms with Gasteiger partial charge < -0.3 is 10.1 Å². The maximum Gasteiger partial charge on any atom is 0.0589 e. The molecule has 1 fully saturated rings. The van der Waals surface area contributed by atoms with Gasteiger partial charge in [-0.1, -0.05) is 13.3 Å². The maximum atomic E-state index is 5.14. The Balaban J connectivity index is 2.21. The predicted molar refractivity (Wildman–Crippen MR) is 68.8 cm³/mol. The summed E-state index contributed by atoms with van der Waals surface area (Å²) >= 11 is 0. The second-order valence-electron chi connectivity index (χ2n) is 4.99. The van der Waals surface area contributed by atoms with Crippen LogP contribution in [0.15, 0.2) is 0 Å². The van der Waals surface area contributed by atoms with Gasteiger partial charge in [-0.3, -0.25) is 4.90 Å². The molecule has 1 rings (SSSR count). The molecule has 1 heterocycles. The van der Waals surface area contributed by atoms with Gasteiger partial charge in [0.1, 0.15) is 0 Å². The Morgan fingerprint density at radius 2 is 2.31 bits per heavy atom. The summed E-state index contributed by atoms with van der Waals surface area (Å²) in [6.07, 6.45) is 5.21. The topological polar surface area (TPSA) is 24.5 Å². The average Bonchev–Trinajstić information content (AvgIpc) is 2.27. The van der Waals surface area contributed by atoms with E-state index < -0.39 is 0 Å². The molecule has 3 heteroatoms. The first-order valence-electron chi connectivity index (χ1n) is 6.73. The highest BCUT2D eigenvalue weighted by Crippen LogP contribution is 2.11. The van der Waals surface area contributed by atoms with E-state index in [1.54, 1.807) is 7.11 Å². The van der Waals surface area contributed by atoms with Crippen LogP contribution in [0.2, 0.25) is 0 Å². The molecule has 1 aliphatic rings. The highest BCUT2D eigenvalue weighted by molar-refractivity contribution is 4.80. The molecule has 3 nitrogen and oxygen atoms in total. The fourth-order valence-electron chi connectivity index (χ4n) is 2.53. The van der Waals surface area contributed by atoms with Crippen molar-refractivity contribution in [2.24, 2.45) is 0 Å². The van der Waals surface area contributed by atoms with Gasteiger partial charge in [0.2, 0.25) is 0 Å². The summed E-state index contributed by atoms with van der Waals surface area (Å²) in [5.41, 5.74) is 0. The molecule has 0 aromatic carbocycles. The standard InChI is InChI=1S/C13H28N2O/c1-4-6-12(2)14-13-7-5-8-15(11-13)9-10-16-3/h12-14H,4-11H2,1-3H3. The largest absolute Gasteiger partial charge is 0.383 e. The number of methoxy groups -OCH3 is 1. The second kappa shape index (κ2) is 8.04. The smallest absolute Gasteiger partial charge is 0.0589 e. The van der Waals surface area contributed by atoms with Gasteiger partial charge in [-0.05, 0) is 32.7 Å². The van der Waals surface area contributed by atoms with E-state index in [0.717, 1.165) is 13.2 Å². The van der Waals surface area contributed by atoms with Crippen LogP contribution in [0.3, 0.4) is 0 Å². The van der Waals surface area contributed by atoms with Crippen molar-refractivity contribution in [3.05, 3.63) is 0 Å². The van der Waals surface area contributed by atoms with E-state index in [1.807, 2.05) is 0 Å². The summed E-state index contributed by atoms with van der Waals surface area (Å²) in [4.78, 5) is 2.52. The highest BCUT2D eigenvalue weighted by Gasteiger charge is 2.20. The third-order valence-corrected chi connectivity index (χ3v) is 3.36. The molecule has 0 amide bonds. The molecule has 1 N–H and O–H groups in total. The van der Waals surface area contributed by atoms with Gasteiger partial charge in [-0.25, -0.2) is 0 Å². The lowest BCUT2D eigenvalue weighted by Crippen LogP contribution is -2.49. The molecule has 16 heavy (non-hydrogen) atoms. The van der Waals surface area contributed by atoms with Gasteiger partial charge in [0.25, 0.3) is 0 Å². The van der Waals surface area contributed by atoms with Crippen LogP contribution in [0.4, 0.5) is 0 Å². The van der Waals surface area contributed by atoms with E-state index in [9.17, 15) is 0 Å². The van der Waals surface area contributed by atoms with Crippen molar-refractivity contribution in [3.8, 4) is 0 Å². The first-order valence-corrected chi connectivity index (χ1v) is 6.73. The molecule has 0 aromatic heterocycles. The Morgan fingerprint density at radius 1 is 1.50 bits per heavy atom. The Kier molecular flexibility index (Phi) is 7.01. The first kappa shape index (κ1) is 13.9. The molecule has 2 unspecified atom stereocenters. The third kappa shape index (κ3) is 5.28. The molecule has 0 bridgehead atoms. The van der Waals surface area contributed by atoms with Crippen molar-refractivity contribution >= 4 is 0 Å². The Morgan fingerprint density at radius 3 is 3.00 bits per heavy atom. The van der Waals surface area contributed by atoms with E-state index in [1.165, 1.54) is 38.8 Å². The summed E-state index contributed by atoms with van der Waals surface area (Å²) < 4.78 is 5.14. The first-order chi connectivity index (χ1) is 7.76. The quantitative estimate of drug-likeness (QED) is 0.720. The monoisotopic (exact) mass is 228 g/mol. The third-order valence-electron chi connectivity index (χ3n) is 3.36. The van der Waals surface area contributed by atoms with E-state index in [-0.39, 0.29) is 0 Å². The minimum absolute atomic E-state index is 0.664. The summed E-state index contributed by atoms with van der Waals surface area (Å²) in [5.74, 6) is 0. The molecular weight excluding hydrogens is 200 g/mol. The van der Waals surface area contributed by atoms with Gasteiger partial charge in [0.05, 0.1) is 6.61 Å². The zero-order chi connectivity index (χ0) is 11.8. The zero-order valence-corrected chi connectivity index (χ0v) is 11.2. The van der Waals surface area contributed by atoms with Gasteiger partial charge in [0.15, 0.2) is 0 Å². The van der Waals surface area contributed by atoms with E-state index in [4.69, 9.17) is 4.74 Å². The van der Waals surface area contributed by atoms with Crippen LogP contribution >= 0.6 is 0 Å². The fourth-order valence-corrected chi connectivity index (χ4v) is 2.53. The molecule has 2 atom stereocenters. The Bertz CT molecular complexity index is 175. The van der Waals surface area contributed by atoms with Crippen LogP contribution < -0.4 is 5.32 Å². The Hall–Kier alpha value is -0.120. The lowest BCUT2D eigenvalue weighted by atomic mass is 10.0. The zero-order valence-electron chi connectivity index (χ0n) is 11.2. The number of hydrogen-bond acceptors (Lipinski definition) is 3. The number of hydrogen-bond donors (Lipinski definition) is 1. The molecule has 96 valence electrons. The number of likely N-dealkylation sites (tertiary alicyclic amines) is 1. The van der Waals surface area contributed by atoms with E-state index >= 15 is 0 Å². The molecule has 0 radical (unpaired) electrons. The van der Waals surface area contributed by atoms with E-state index in [0.29, 0.717) is 12.1 Å². The predicted octanol–water partition coefficient (Wildman–Crippen LogP) is 1.88. The average molecular weight is 228 g/mol. The van der Waals surface area contributed by atoms with Crippen LogP contribution in [0.1, 0.15) is 39.5 Å². The van der Waals surface area contributed by atoms with Crippen molar-refractivity contribution in [2.75, 3.05) is 33.4 Å². The summed E-state index contributed by atoms with van der Waals surface area (Å²) in [6.45, 7) is 8.93. The normalized spacial score (nSPS) is 24.6. The van der Waals surface area contributed by atoms with Gasteiger partial charge in [0, 0.05) is 32.3 Å². The minimum Gasteiger partial charge on any atom is -0.383 e. The van der Waals surface area contributed by atoms with Crippen molar-refractivity contribution in [3.63, 3.8) is 0 Å². The molecule has 1 saturated heterocycles. The molecule has 0 aromatic rings. The van der Waals surface area contributed by atoms with Gasteiger partial charge in [-0.2, -0.15) is 0 Å². The Labute approximate surface area is 101 Å². The highest BCUT2D eigenvalue weighted by atomic mass is 16.5. The van der Waals surface area contributed by atoms with Gasteiger partial charge >= 0.3 is 0 Å². The van der Waals surface area contributed by atoms with Crippen molar-refractivity contribution < 1.29 is 4.74 Å². The number of nitrogens with zero attached hydrogens (tertiary/aromatic N) is 1. The number of rotatable bonds is 7. The minimum atomic E-state index is 0.664. The second-order valence-corrected chi connectivity index (χ2v) is 4.99. The van der Waals surface area contributed by atoms with E-state index in [2.05, 4.69) is 24.1 Å². The number of ether oxygens (including phenoxy) is 1. The number of nitrogens with one attached hydrogen (secondary N) is 1. The summed E-state index contributed by atoms with van der Waals surface area (Å²) in [7, 11) is 1.78. The van der Waals surface area contributed by atoms with Crippen LogP contribution in [0.5, 0.6) is 0 Å². The maximum absolute atomic E-state index is 5.14. The fraction of sp³-hybridized carbons (Fsp3) is 1.00. The van der Waals surface area contributed by atoms with Crippen LogP contribution in [0.25, 0.3) is 0 Å². The summed E-state index contributed by atoms with van der Waals surface area (Å²) in [5, 5.41) is 3.74. The van der Waals surface area contributed by atoms with Crippen LogP contribution in [-0.2, 0) is 4.74 Å². The van der Waals surface area contributed by atoms with Crippen LogP contribution in [0, 0.1) is 0 Å². The van der Waals surface area contributed by atoms with Gasteiger partial charge in [-0.15, -0.1) is 0 Å². The van der Waals surface area contributed by atoms with Crippen molar-refractivity contribution in [1.82, 2.24) is 10.2 Å². The molecule has 0 saturated carbocycles. The lowest BCUT2D eigenvalue weighted by Gasteiger charge is -2.34. The van der Waals surface area contributed by atoms with Crippen molar-refractivity contribution in [1.29, 1.82) is 0 Å². The summed E-state index contributed by atoms with van der Waals surface area (Å²) in [6, 6.07) is 1.35.